The van der Waals surface area contributed by atoms with E-state index in [0.717, 1.165) is 0 Å². The summed E-state index contributed by atoms with van der Waals surface area (Å²) in [5.74, 6) is -0.861. The molecule has 0 aliphatic carbocycles. The van der Waals surface area contributed by atoms with Crippen LogP contribution in [0.2, 0.25) is 0 Å². The monoisotopic (exact) mass is 205 g/mol. The molecule has 0 radical (unpaired) electrons. The van der Waals surface area contributed by atoms with Crippen molar-refractivity contribution in [2.45, 2.75) is 19.3 Å². The minimum Gasteiger partial charge on any atom is -0.481 e. The molecule has 5 nitrogen and oxygen atoms in total. The summed E-state index contributed by atoms with van der Waals surface area (Å²) in [6.07, 6.45) is 5.67. The van der Waals surface area contributed by atoms with Gasteiger partial charge in [0.25, 0.3) is 0 Å². The predicted octanol–water partition coefficient (Wildman–Crippen LogP) is 1.31. The first-order chi connectivity index (χ1) is 7.22. The second kappa shape index (κ2) is 3.68. The fourth-order valence-corrected chi connectivity index (χ4v) is 1.53. The lowest BCUT2D eigenvalue weighted by Crippen LogP contribution is -2.10. The Balaban J connectivity index is 2.47. The van der Waals surface area contributed by atoms with Gasteiger partial charge in [-0.25, -0.2) is 9.97 Å². The zero-order valence-corrected chi connectivity index (χ0v) is 8.29. The quantitative estimate of drug-likeness (QED) is 0.820. The summed E-state index contributed by atoms with van der Waals surface area (Å²) in [5.41, 5.74) is 0.559. The molecule has 1 unspecified atom stereocenters. The number of carboxylic acids is 1. The maximum absolute atomic E-state index is 10.9. The van der Waals surface area contributed by atoms with Gasteiger partial charge in [-0.2, -0.15) is 0 Å². The number of hydrogen-bond acceptors (Lipinski definition) is 3. The summed E-state index contributed by atoms with van der Waals surface area (Å²) in [5, 5.41) is 8.98. The van der Waals surface area contributed by atoms with Crippen LogP contribution in [0.1, 0.15) is 25.0 Å². The van der Waals surface area contributed by atoms with Gasteiger partial charge in [-0.1, -0.05) is 6.92 Å². The summed E-state index contributed by atoms with van der Waals surface area (Å²) in [6, 6.07) is 1.78. The maximum Gasteiger partial charge on any atom is 0.312 e. The van der Waals surface area contributed by atoms with Crippen LogP contribution in [0.15, 0.2) is 24.7 Å². The number of carboxylic acid groups (broad SMARTS) is 1. The van der Waals surface area contributed by atoms with Crippen LogP contribution in [0, 0.1) is 0 Å². The molecule has 0 saturated carbocycles. The number of aromatic nitrogens is 3. The van der Waals surface area contributed by atoms with E-state index in [9.17, 15) is 4.79 Å². The van der Waals surface area contributed by atoms with Crippen molar-refractivity contribution < 1.29 is 9.90 Å². The van der Waals surface area contributed by atoms with Gasteiger partial charge in [0.15, 0.2) is 0 Å². The van der Waals surface area contributed by atoms with Gasteiger partial charge in [0.05, 0.1) is 5.69 Å². The third-order valence-corrected chi connectivity index (χ3v) is 2.32. The largest absolute Gasteiger partial charge is 0.481 e. The molecule has 0 aromatic carbocycles. The Morgan fingerprint density at radius 1 is 1.67 bits per heavy atom. The summed E-state index contributed by atoms with van der Waals surface area (Å²) >= 11 is 0. The average Bonchev–Trinajstić information content (AvgIpc) is 2.61. The standard InChI is InChI=1S/C10H11N3O2/c1-2-7(9(14)15)8-6-13-5-3-4-11-10(13)12-8/h3-7H,2H2,1H3,(H,14,15). The first-order valence-corrected chi connectivity index (χ1v) is 4.74. The van der Waals surface area contributed by atoms with E-state index in [-0.39, 0.29) is 0 Å². The van der Waals surface area contributed by atoms with Crippen LogP contribution in [0.3, 0.4) is 0 Å². The van der Waals surface area contributed by atoms with Crippen molar-refractivity contribution in [1.82, 2.24) is 14.4 Å². The fourth-order valence-electron chi connectivity index (χ4n) is 1.53. The average molecular weight is 205 g/mol. The van der Waals surface area contributed by atoms with E-state index < -0.39 is 11.9 Å². The minimum absolute atomic E-state index is 0.527. The molecule has 0 bridgehead atoms. The first-order valence-electron chi connectivity index (χ1n) is 4.74. The Bertz CT molecular complexity index is 459. The summed E-state index contributed by atoms with van der Waals surface area (Å²) in [4.78, 5) is 19.2. The van der Waals surface area contributed by atoms with Gasteiger partial charge < -0.3 is 5.11 Å². The summed E-state index contributed by atoms with van der Waals surface area (Å²) < 4.78 is 1.72. The molecule has 0 fully saturated rings. The number of aliphatic carboxylic acids is 1. The molecule has 5 heteroatoms. The number of nitrogens with zero attached hydrogens (tertiary/aromatic N) is 3. The van der Waals surface area contributed by atoms with Gasteiger partial charge in [0.1, 0.15) is 5.92 Å². The second-order valence-electron chi connectivity index (χ2n) is 3.29. The lowest BCUT2D eigenvalue weighted by molar-refractivity contribution is -0.138. The molecule has 0 amide bonds. The SMILES string of the molecule is CCC(C(=O)O)c1cn2cccnc2n1. The third-order valence-electron chi connectivity index (χ3n) is 2.32. The van der Waals surface area contributed by atoms with E-state index in [1.807, 2.05) is 6.92 Å². The minimum atomic E-state index is -0.846. The van der Waals surface area contributed by atoms with Crippen LogP contribution < -0.4 is 0 Å². The van der Waals surface area contributed by atoms with E-state index in [2.05, 4.69) is 9.97 Å². The van der Waals surface area contributed by atoms with Crippen LogP contribution in [0.4, 0.5) is 0 Å². The van der Waals surface area contributed by atoms with Crippen molar-refractivity contribution in [2.24, 2.45) is 0 Å². The Morgan fingerprint density at radius 2 is 2.47 bits per heavy atom. The smallest absolute Gasteiger partial charge is 0.312 e. The number of imidazole rings is 1. The normalized spacial score (nSPS) is 12.9. The number of rotatable bonds is 3. The zero-order chi connectivity index (χ0) is 10.8. The highest BCUT2D eigenvalue weighted by molar-refractivity contribution is 5.75. The summed E-state index contributed by atoms with van der Waals surface area (Å²) in [6.45, 7) is 1.83. The second-order valence-corrected chi connectivity index (χ2v) is 3.29. The molecule has 2 heterocycles. The van der Waals surface area contributed by atoms with Gasteiger partial charge in [-0.15, -0.1) is 0 Å². The first kappa shape index (κ1) is 9.64. The summed E-state index contributed by atoms with van der Waals surface area (Å²) in [7, 11) is 0. The van der Waals surface area contributed by atoms with Gasteiger partial charge in [-0.3, -0.25) is 9.20 Å². The third kappa shape index (κ3) is 1.68. The van der Waals surface area contributed by atoms with E-state index in [1.165, 1.54) is 0 Å². The Hall–Kier alpha value is -1.91. The van der Waals surface area contributed by atoms with E-state index in [1.54, 1.807) is 29.1 Å². The van der Waals surface area contributed by atoms with Gasteiger partial charge >= 0.3 is 5.97 Å². The van der Waals surface area contributed by atoms with Crippen LogP contribution >= 0.6 is 0 Å². The van der Waals surface area contributed by atoms with E-state index in [4.69, 9.17) is 5.11 Å². The molecule has 2 rings (SSSR count). The van der Waals surface area contributed by atoms with Crippen molar-refractivity contribution in [3.63, 3.8) is 0 Å². The molecule has 1 atom stereocenters. The van der Waals surface area contributed by atoms with Gasteiger partial charge in [-0.05, 0) is 12.5 Å². The highest BCUT2D eigenvalue weighted by atomic mass is 16.4. The molecule has 15 heavy (non-hydrogen) atoms. The Labute approximate surface area is 86.4 Å². The Morgan fingerprint density at radius 3 is 3.07 bits per heavy atom. The van der Waals surface area contributed by atoms with Gasteiger partial charge in [0, 0.05) is 18.6 Å². The molecule has 0 aliphatic heterocycles. The van der Waals surface area contributed by atoms with Gasteiger partial charge in [0.2, 0.25) is 5.78 Å². The molecule has 0 aliphatic rings. The molecule has 78 valence electrons. The van der Waals surface area contributed by atoms with Crippen molar-refractivity contribution in [3.8, 4) is 0 Å². The molecular weight excluding hydrogens is 194 g/mol. The lowest BCUT2D eigenvalue weighted by atomic mass is 10.0. The zero-order valence-electron chi connectivity index (χ0n) is 8.29. The lowest BCUT2D eigenvalue weighted by Gasteiger charge is -2.03. The molecule has 0 saturated heterocycles. The number of hydrogen-bond donors (Lipinski definition) is 1. The molecule has 2 aromatic rings. The van der Waals surface area contributed by atoms with Crippen molar-refractivity contribution in [1.29, 1.82) is 0 Å². The van der Waals surface area contributed by atoms with Crippen LogP contribution in [-0.2, 0) is 4.79 Å². The van der Waals surface area contributed by atoms with Crippen LogP contribution in [0.5, 0.6) is 0 Å². The van der Waals surface area contributed by atoms with E-state index in [0.29, 0.717) is 17.9 Å². The fraction of sp³-hybridized carbons (Fsp3) is 0.300. The number of fused-ring (bicyclic) bond motifs is 1. The molecule has 2 aromatic heterocycles. The molecule has 1 N–H and O–H groups in total. The Kier molecular flexibility index (Phi) is 2.37. The van der Waals surface area contributed by atoms with Crippen LogP contribution in [-0.4, -0.2) is 25.4 Å². The van der Waals surface area contributed by atoms with E-state index >= 15 is 0 Å². The van der Waals surface area contributed by atoms with Crippen molar-refractivity contribution >= 4 is 11.7 Å². The van der Waals surface area contributed by atoms with Crippen LogP contribution in [0.25, 0.3) is 5.78 Å². The highest BCUT2D eigenvalue weighted by Gasteiger charge is 2.20. The maximum atomic E-state index is 10.9. The molecular formula is C10H11N3O2. The molecule has 0 spiro atoms. The van der Waals surface area contributed by atoms with Crippen molar-refractivity contribution in [3.05, 3.63) is 30.4 Å². The topological polar surface area (TPSA) is 67.5 Å². The highest BCUT2D eigenvalue weighted by Crippen LogP contribution is 2.18. The number of carbonyl (C=O) groups is 1. The van der Waals surface area contributed by atoms with Crippen molar-refractivity contribution in [2.75, 3.05) is 0 Å². The predicted molar refractivity (Wildman–Crippen MR) is 53.7 cm³/mol.